The molecule has 0 aromatic carbocycles. The fraction of sp³-hybridized carbons (Fsp3) is 0.100. The molecule has 2 heteroatoms. The van der Waals surface area contributed by atoms with E-state index >= 15 is 0 Å². The lowest BCUT2D eigenvalue weighted by molar-refractivity contribution is 0.521. The molecule has 0 saturated heterocycles. The van der Waals surface area contributed by atoms with Crippen molar-refractivity contribution in [1.29, 1.82) is 0 Å². The summed E-state index contributed by atoms with van der Waals surface area (Å²) >= 11 is 0. The second-order valence-corrected chi connectivity index (χ2v) is 2.31. The van der Waals surface area contributed by atoms with Crippen molar-refractivity contribution in [3.63, 3.8) is 0 Å². The number of aryl methyl sites for hydroxylation is 1. The van der Waals surface area contributed by atoms with Crippen LogP contribution < -0.4 is 0 Å². The Morgan fingerprint density at radius 3 is 2.75 bits per heavy atom. The number of oxazole rings is 1. The van der Waals surface area contributed by atoms with Crippen molar-refractivity contribution in [2.24, 2.45) is 0 Å². The lowest BCUT2D eigenvalue weighted by Crippen LogP contribution is -1.79. The van der Waals surface area contributed by atoms with E-state index in [1.165, 1.54) is 0 Å². The molecule has 0 spiro atoms. The summed E-state index contributed by atoms with van der Waals surface area (Å²) in [5.41, 5.74) is 1.71. The van der Waals surface area contributed by atoms with E-state index in [-0.39, 0.29) is 0 Å². The molecule has 2 nitrogen and oxygen atoms in total. The summed E-state index contributed by atoms with van der Waals surface area (Å²) in [7, 11) is 0. The molecular formula is C10H11NO. The molecule has 0 unspecified atom stereocenters. The van der Waals surface area contributed by atoms with Crippen molar-refractivity contribution in [1.82, 2.24) is 4.98 Å². The largest absolute Gasteiger partial charge is 0.449 e. The van der Waals surface area contributed by atoms with Gasteiger partial charge < -0.3 is 4.42 Å². The van der Waals surface area contributed by atoms with Crippen molar-refractivity contribution < 1.29 is 4.42 Å². The number of rotatable bonds is 3. The van der Waals surface area contributed by atoms with Gasteiger partial charge in [-0.3, -0.25) is 0 Å². The molecule has 0 amide bonds. The number of nitrogens with zero attached hydrogens (tertiary/aromatic N) is 1. The standard InChI is InChI=1S/C10H11NO/c1-4-6-9(5-2)10-7-12-8(3)11-10/h4-7H,1-2H2,3H3/b9-6+. The fourth-order valence-electron chi connectivity index (χ4n) is 0.881. The van der Waals surface area contributed by atoms with Crippen molar-refractivity contribution in [2.75, 3.05) is 0 Å². The molecule has 1 heterocycles. The van der Waals surface area contributed by atoms with Crippen molar-refractivity contribution in [2.45, 2.75) is 6.92 Å². The van der Waals surface area contributed by atoms with Gasteiger partial charge >= 0.3 is 0 Å². The summed E-state index contributed by atoms with van der Waals surface area (Å²) in [6, 6.07) is 0. The van der Waals surface area contributed by atoms with Crippen LogP contribution in [0.15, 0.2) is 42.1 Å². The van der Waals surface area contributed by atoms with Crippen LogP contribution in [0, 0.1) is 6.92 Å². The molecule has 62 valence electrons. The highest BCUT2D eigenvalue weighted by Crippen LogP contribution is 2.14. The number of hydrogen-bond donors (Lipinski definition) is 0. The average Bonchev–Trinajstić information content (AvgIpc) is 2.47. The molecule has 0 aliphatic heterocycles. The third-order valence-corrected chi connectivity index (χ3v) is 1.43. The van der Waals surface area contributed by atoms with Crippen LogP contribution in [0.25, 0.3) is 5.57 Å². The third-order valence-electron chi connectivity index (χ3n) is 1.43. The zero-order chi connectivity index (χ0) is 8.97. The van der Waals surface area contributed by atoms with Gasteiger partial charge in [-0.1, -0.05) is 31.4 Å². The molecule has 0 bridgehead atoms. The number of hydrogen-bond acceptors (Lipinski definition) is 2. The van der Waals surface area contributed by atoms with E-state index in [9.17, 15) is 0 Å². The first-order valence-corrected chi connectivity index (χ1v) is 3.65. The van der Waals surface area contributed by atoms with Gasteiger partial charge in [-0.25, -0.2) is 4.98 Å². The maximum atomic E-state index is 5.06. The molecule has 1 aromatic heterocycles. The molecule has 12 heavy (non-hydrogen) atoms. The van der Waals surface area contributed by atoms with E-state index in [2.05, 4.69) is 18.1 Å². The van der Waals surface area contributed by atoms with Crippen LogP contribution in [0.1, 0.15) is 11.6 Å². The molecule has 0 aliphatic carbocycles. The molecule has 0 radical (unpaired) electrons. The second-order valence-electron chi connectivity index (χ2n) is 2.31. The van der Waals surface area contributed by atoms with Gasteiger partial charge in [0.1, 0.15) is 12.0 Å². The summed E-state index contributed by atoms with van der Waals surface area (Å²) in [5.74, 6) is 0.654. The molecule has 0 fully saturated rings. The van der Waals surface area contributed by atoms with Crippen LogP contribution in [0.5, 0.6) is 0 Å². The van der Waals surface area contributed by atoms with Gasteiger partial charge in [0.2, 0.25) is 0 Å². The Balaban J connectivity index is 3.02. The van der Waals surface area contributed by atoms with E-state index in [1.54, 1.807) is 25.3 Å². The van der Waals surface area contributed by atoms with Crippen LogP contribution in [0.4, 0.5) is 0 Å². The molecule has 0 aliphatic rings. The minimum absolute atomic E-state index is 0.654. The normalized spacial score (nSPS) is 11.2. The van der Waals surface area contributed by atoms with E-state index in [0.717, 1.165) is 11.3 Å². The summed E-state index contributed by atoms with van der Waals surface area (Å²) in [6.07, 6.45) is 6.86. The summed E-state index contributed by atoms with van der Waals surface area (Å²) < 4.78 is 5.06. The topological polar surface area (TPSA) is 26.0 Å². The van der Waals surface area contributed by atoms with Gasteiger partial charge in [0.15, 0.2) is 5.89 Å². The molecular weight excluding hydrogens is 150 g/mol. The predicted octanol–water partition coefficient (Wildman–Crippen LogP) is 2.74. The van der Waals surface area contributed by atoms with Crippen LogP contribution in [0.2, 0.25) is 0 Å². The van der Waals surface area contributed by atoms with Gasteiger partial charge in [0.25, 0.3) is 0 Å². The van der Waals surface area contributed by atoms with E-state index in [0.29, 0.717) is 5.89 Å². The quantitative estimate of drug-likeness (QED) is 0.637. The van der Waals surface area contributed by atoms with Gasteiger partial charge in [0, 0.05) is 12.5 Å². The van der Waals surface area contributed by atoms with Crippen LogP contribution in [-0.2, 0) is 0 Å². The van der Waals surface area contributed by atoms with E-state index in [4.69, 9.17) is 4.42 Å². The summed E-state index contributed by atoms with van der Waals surface area (Å²) in [5, 5.41) is 0. The lowest BCUT2D eigenvalue weighted by Gasteiger charge is -1.91. The lowest BCUT2D eigenvalue weighted by atomic mass is 10.2. The molecule has 0 N–H and O–H groups in total. The van der Waals surface area contributed by atoms with Crippen LogP contribution >= 0.6 is 0 Å². The summed E-state index contributed by atoms with van der Waals surface area (Å²) in [4.78, 5) is 4.15. The Bertz CT molecular complexity index is 320. The number of aromatic nitrogens is 1. The Morgan fingerprint density at radius 1 is 1.58 bits per heavy atom. The van der Waals surface area contributed by atoms with Gasteiger partial charge in [-0.2, -0.15) is 0 Å². The first kappa shape index (κ1) is 8.53. The predicted molar refractivity (Wildman–Crippen MR) is 49.6 cm³/mol. The molecule has 1 aromatic rings. The Labute approximate surface area is 71.9 Å². The maximum Gasteiger partial charge on any atom is 0.191 e. The first-order valence-electron chi connectivity index (χ1n) is 3.65. The minimum atomic E-state index is 0.654. The maximum absolute atomic E-state index is 5.06. The van der Waals surface area contributed by atoms with Gasteiger partial charge in [-0.15, -0.1) is 0 Å². The fourth-order valence-corrected chi connectivity index (χ4v) is 0.881. The highest BCUT2D eigenvalue weighted by molar-refractivity contribution is 5.71. The van der Waals surface area contributed by atoms with E-state index < -0.39 is 0 Å². The zero-order valence-corrected chi connectivity index (χ0v) is 7.08. The van der Waals surface area contributed by atoms with Crippen LogP contribution in [-0.4, -0.2) is 4.98 Å². The molecule has 0 saturated carbocycles. The van der Waals surface area contributed by atoms with Crippen molar-refractivity contribution >= 4 is 5.57 Å². The SMILES string of the molecule is C=C/C=C(\C=C)c1coc(C)n1. The smallest absolute Gasteiger partial charge is 0.191 e. The Morgan fingerprint density at radius 2 is 2.33 bits per heavy atom. The van der Waals surface area contributed by atoms with Gasteiger partial charge in [-0.05, 0) is 0 Å². The minimum Gasteiger partial charge on any atom is -0.449 e. The highest BCUT2D eigenvalue weighted by atomic mass is 16.3. The van der Waals surface area contributed by atoms with Crippen molar-refractivity contribution in [3.05, 3.63) is 49.2 Å². The molecule has 1 rings (SSSR count). The third kappa shape index (κ3) is 1.72. The van der Waals surface area contributed by atoms with E-state index in [1.807, 2.05) is 6.08 Å². The summed E-state index contributed by atoms with van der Waals surface area (Å²) in [6.45, 7) is 9.07. The monoisotopic (exact) mass is 161 g/mol. The zero-order valence-electron chi connectivity index (χ0n) is 7.08. The second kappa shape index (κ2) is 3.72. The first-order chi connectivity index (χ1) is 5.77. The average molecular weight is 161 g/mol. The number of allylic oxidation sites excluding steroid dienone is 4. The molecule has 0 atom stereocenters. The van der Waals surface area contributed by atoms with Crippen LogP contribution in [0.3, 0.4) is 0 Å². The Kier molecular flexibility index (Phi) is 2.64. The van der Waals surface area contributed by atoms with Crippen molar-refractivity contribution in [3.8, 4) is 0 Å². The van der Waals surface area contributed by atoms with Gasteiger partial charge in [0.05, 0.1) is 0 Å². The Hall–Kier alpha value is -1.57. The highest BCUT2D eigenvalue weighted by Gasteiger charge is 2.01.